The van der Waals surface area contributed by atoms with E-state index in [1.807, 2.05) is 61.5 Å². The van der Waals surface area contributed by atoms with Crippen LogP contribution in [0.5, 0.6) is 5.75 Å². The summed E-state index contributed by atoms with van der Waals surface area (Å²) in [5.41, 5.74) is -2.69. The molecule has 0 aliphatic carbocycles. The minimum atomic E-state index is -2.81. The van der Waals surface area contributed by atoms with Gasteiger partial charge in [0, 0.05) is 12.0 Å². The number of carboxylic acids is 2. The van der Waals surface area contributed by atoms with Crippen molar-refractivity contribution in [2.45, 2.75) is 37.5 Å². The van der Waals surface area contributed by atoms with Crippen molar-refractivity contribution in [2.24, 2.45) is 0 Å². The third-order valence-corrected chi connectivity index (χ3v) is 5.93. The second-order valence-corrected chi connectivity index (χ2v) is 8.61. The smallest absolute Gasteiger partial charge is 0.336 e. The third-order valence-electron chi connectivity index (χ3n) is 5.93. The summed E-state index contributed by atoms with van der Waals surface area (Å²) in [7, 11) is 1.57. The van der Waals surface area contributed by atoms with Crippen LogP contribution in [0.1, 0.15) is 30.4 Å². The molecule has 0 radical (unpaired) electrons. The van der Waals surface area contributed by atoms with Crippen molar-refractivity contribution in [3.8, 4) is 5.75 Å². The van der Waals surface area contributed by atoms with Gasteiger partial charge in [-0.1, -0.05) is 60.2 Å². The van der Waals surface area contributed by atoms with Crippen molar-refractivity contribution < 1.29 is 39.2 Å². The molecule has 0 saturated carbocycles. The molecule has 0 fully saturated rings. The van der Waals surface area contributed by atoms with E-state index in [4.69, 9.17) is 14.6 Å². The average Bonchev–Trinajstić information content (AvgIpc) is 2.83. The molecule has 9 nitrogen and oxygen atoms in total. The third kappa shape index (κ3) is 6.38. The normalized spacial score (nSPS) is 14.4. The number of esters is 1. The van der Waals surface area contributed by atoms with Crippen LogP contribution in [-0.4, -0.2) is 52.5 Å². The van der Waals surface area contributed by atoms with E-state index >= 15 is 0 Å². The molecule has 0 spiro atoms. The van der Waals surface area contributed by atoms with Crippen LogP contribution in [0.3, 0.4) is 0 Å². The van der Waals surface area contributed by atoms with Gasteiger partial charge in [-0.2, -0.15) is 0 Å². The van der Waals surface area contributed by atoms with E-state index in [0.717, 1.165) is 16.3 Å². The Balaban J connectivity index is 1.82. The van der Waals surface area contributed by atoms with Gasteiger partial charge in [0.2, 0.25) is 0 Å². The number of carboxylic acid groups (broad SMARTS) is 2. The Bertz CT molecular complexity index is 1240. The number of fused-ring (bicyclic) bond motifs is 1. The highest BCUT2D eigenvalue weighted by Crippen LogP contribution is 2.30. The molecule has 0 aromatic heterocycles. The number of rotatable bonds is 12. The number of carbonyl (C=O) groups excluding carboxylic acids is 1. The molecule has 3 aromatic carbocycles. The fourth-order valence-electron chi connectivity index (χ4n) is 3.90. The van der Waals surface area contributed by atoms with E-state index in [2.05, 4.69) is 5.32 Å². The van der Waals surface area contributed by atoms with Crippen LogP contribution in [0.4, 0.5) is 0 Å². The molecule has 0 aliphatic rings. The van der Waals surface area contributed by atoms with Gasteiger partial charge >= 0.3 is 17.9 Å². The van der Waals surface area contributed by atoms with Gasteiger partial charge < -0.3 is 24.8 Å². The zero-order valence-electron chi connectivity index (χ0n) is 20.1. The molecule has 0 heterocycles. The van der Waals surface area contributed by atoms with Crippen molar-refractivity contribution >= 4 is 28.7 Å². The first-order chi connectivity index (χ1) is 17.1. The van der Waals surface area contributed by atoms with Gasteiger partial charge in [-0.05, 0) is 36.9 Å². The Kier molecular flexibility index (Phi) is 8.29. The number of aryl methyl sites for hydroxylation is 1. The van der Waals surface area contributed by atoms with Crippen LogP contribution in [-0.2, 0) is 24.8 Å². The number of ether oxygens (including phenoxy) is 2. The van der Waals surface area contributed by atoms with Gasteiger partial charge in [-0.15, -0.1) is 0 Å². The number of hydrogen-bond acceptors (Lipinski definition) is 7. The van der Waals surface area contributed by atoms with Crippen molar-refractivity contribution in [3.63, 3.8) is 0 Å². The van der Waals surface area contributed by atoms with Gasteiger partial charge in [0.15, 0.2) is 11.3 Å². The van der Waals surface area contributed by atoms with E-state index < -0.39 is 42.1 Å². The summed E-state index contributed by atoms with van der Waals surface area (Å²) in [6.45, 7) is 2.03. The van der Waals surface area contributed by atoms with Crippen molar-refractivity contribution in [2.75, 3.05) is 13.7 Å². The van der Waals surface area contributed by atoms with Gasteiger partial charge in [-0.3, -0.25) is 14.9 Å². The summed E-state index contributed by atoms with van der Waals surface area (Å²) in [5.74, 6) is -3.85. The Morgan fingerprint density at radius 3 is 2.19 bits per heavy atom. The fraction of sp³-hybridized carbons (Fsp3) is 0.296. The van der Waals surface area contributed by atoms with E-state index in [0.29, 0.717) is 11.3 Å². The SMILES string of the molecule is CNC(CCOc1ccc2ccccc2c1)(OC(=O)CC(O)(CC(=O)O)C(=O)O)c1ccc(C)cc1. The molecule has 190 valence electrons. The topological polar surface area (TPSA) is 142 Å². The van der Waals surface area contributed by atoms with E-state index in [9.17, 15) is 24.6 Å². The number of benzene rings is 3. The minimum absolute atomic E-state index is 0.124. The number of aliphatic hydroxyl groups is 1. The van der Waals surface area contributed by atoms with E-state index in [1.54, 1.807) is 19.2 Å². The fourth-order valence-corrected chi connectivity index (χ4v) is 3.90. The second kappa shape index (κ2) is 11.2. The summed E-state index contributed by atoms with van der Waals surface area (Å²) < 4.78 is 11.6. The van der Waals surface area contributed by atoms with Gasteiger partial charge in [0.05, 0.1) is 19.4 Å². The Morgan fingerprint density at radius 1 is 0.917 bits per heavy atom. The predicted octanol–water partition coefficient (Wildman–Crippen LogP) is 3.21. The number of carbonyl (C=O) groups is 3. The minimum Gasteiger partial charge on any atom is -0.493 e. The Hall–Kier alpha value is -3.95. The summed E-state index contributed by atoms with van der Waals surface area (Å²) >= 11 is 0. The quantitative estimate of drug-likeness (QED) is 0.220. The molecule has 0 saturated heterocycles. The van der Waals surface area contributed by atoms with Crippen LogP contribution >= 0.6 is 0 Å². The van der Waals surface area contributed by atoms with E-state index in [1.165, 1.54) is 0 Å². The molecule has 0 amide bonds. The van der Waals surface area contributed by atoms with Crippen LogP contribution in [0.25, 0.3) is 10.8 Å². The summed E-state index contributed by atoms with van der Waals surface area (Å²) in [4.78, 5) is 35.4. The second-order valence-electron chi connectivity index (χ2n) is 8.61. The highest BCUT2D eigenvalue weighted by Gasteiger charge is 2.44. The van der Waals surface area contributed by atoms with Crippen LogP contribution < -0.4 is 10.1 Å². The maximum Gasteiger partial charge on any atom is 0.336 e. The van der Waals surface area contributed by atoms with Crippen LogP contribution in [0, 0.1) is 6.92 Å². The molecule has 9 heteroatoms. The van der Waals surface area contributed by atoms with Crippen LogP contribution in [0.15, 0.2) is 66.7 Å². The highest BCUT2D eigenvalue weighted by molar-refractivity contribution is 5.88. The Labute approximate surface area is 208 Å². The lowest BCUT2D eigenvalue weighted by molar-refractivity contribution is -0.181. The first-order valence-electron chi connectivity index (χ1n) is 11.3. The monoisotopic (exact) mass is 495 g/mol. The molecular formula is C27H29NO8. The first kappa shape index (κ1) is 26.7. The highest BCUT2D eigenvalue weighted by atomic mass is 16.6. The van der Waals surface area contributed by atoms with E-state index in [-0.39, 0.29) is 13.0 Å². The summed E-state index contributed by atoms with van der Waals surface area (Å²) in [6, 6.07) is 20.7. The molecule has 3 rings (SSSR count). The molecule has 3 aromatic rings. The zero-order valence-corrected chi connectivity index (χ0v) is 20.1. The molecule has 0 bridgehead atoms. The number of hydrogen-bond donors (Lipinski definition) is 4. The average molecular weight is 496 g/mol. The molecule has 0 aliphatic heterocycles. The van der Waals surface area contributed by atoms with Crippen LogP contribution in [0.2, 0.25) is 0 Å². The summed E-state index contributed by atoms with van der Waals surface area (Å²) in [5, 5.41) is 33.6. The van der Waals surface area contributed by atoms with Gasteiger partial charge in [0.25, 0.3) is 0 Å². The van der Waals surface area contributed by atoms with Crippen molar-refractivity contribution in [3.05, 3.63) is 77.9 Å². The van der Waals surface area contributed by atoms with Crippen molar-refractivity contribution in [1.82, 2.24) is 5.32 Å². The molecule has 36 heavy (non-hydrogen) atoms. The summed E-state index contributed by atoms with van der Waals surface area (Å²) in [6.07, 6.45) is -2.06. The lowest BCUT2D eigenvalue weighted by Gasteiger charge is -2.34. The maximum atomic E-state index is 12.8. The standard InChI is InChI=1S/C27H29NO8/c1-18-7-10-21(11-8-18)27(28-2,36-24(31)17-26(34,25(32)33)16-23(29)30)13-14-35-22-12-9-19-5-3-4-6-20(19)15-22/h3-12,15,28,34H,13-14,16-17H2,1-2H3,(H,29,30)(H,32,33). The first-order valence-corrected chi connectivity index (χ1v) is 11.3. The number of aliphatic carboxylic acids is 2. The largest absolute Gasteiger partial charge is 0.493 e. The zero-order chi connectivity index (χ0) is 26.3. The Morgan fingerprint density at radius 2 is 1.58 bits per heavy atom. The van der Waals surface area contributed by atoms with Crippen molar-refractivity contribution in [1.29, 1.82) is 0 Å². The molecular weight excluding hydrogens is 466 g/mol. The molecule has 2 unspecified atom stereocenters. The lowest BCUT2D eigenvalue weighted by Crippen LogP contribution is -2.48. The predicted molar refractivity (Wildman–Crippen MR) is 132 cm³/mol. The van der Waals surface area contributed by atoms with Gasteiger partial charge in [-0.25, -0.2) is 4.79 Å². The molecule has 2 atom stereocenters. The number of nitrogens with one attached hydrogen (secondary N) is 1. The molecule has 4 N–H and O–H groups in total. The van der Waals surface area contributed by atoms with Gasteiger partial charge in [0.1, 0.15) is 5.75 Å². The lowest BCUT2D eigenvalue weighted by atomic mass is 9.95. The maximum absolute atomic E-state index is 12.8.